The Morgan fingerprint density at radius 1 is 1.16 bits per heavy atom. The number of hydrogen-bond donors (Lipinski definition) is 2. The zero-order chi connectivity index (χ0) is 13.7. The Hall–Kier alpha value is -2.07. The van der Waals surface area contributed by atoms with E-state index < -0.39 is 5.97 Å². The molecule has 2 aromatic rings. The van der Waals surface area contributed by atoms with E-state index in [0.717, 1.165) is 11.3 Å². The van der Waals surface area contributed by atoms with Gasteiger partial charge in [-0.1, -0.05) is 30.3 Å². The molecule has 2 N–H and O–H groups in total. The molecular weight excluding hydrogens is 242 g/mol. The molecule has 4 nitrogen and oxygen atoms in total. The average molecular weight is 259 g/mol. The highest BCUT2D eigenvalue weighted by Gasteiger charge is 2.15. The topological polar surface area (TPSA) is 62.5 Å². The number of aliphatic hydroxyl groups excluding tert-OH is 1. The normalized spacial score (nSPS) is 10.6. The number of carbonyl (C=O) groups is 1. The molecule has 2 rings (SSSR count). The highest BCUT2D eigenvalue weighted by Crippen LogP contribution is 2.17. The second-order valence-electron chi connectivity index (χ2n) is 4.41. The van der Waals surface area contributed by atoms with Crippen LogP contribution in [0.15, 0.2) is 42.6 Å². The maximum Gasteiger partial charge on any atom is 0.337 e. The lowest BCUT2D eigenvalue weighted by Gasteiger charge is -2.10. The van der Waals surface area contributed by atoms with Gasteiger partial charge < -0.3 is 14.8 Å². The first-order valence-electron chi connectivity index (χ1n) is 6.28. The van der Waals surface area contributed by atoms with Gasteiger partial charge in [0.05, 0.1) is 5.56 Å². The summed E-state index contributed by atoms with van der Waals surface area (Å²) in [5.41, 5.74) is 2.20. The summed E-state index contributed by atoms with van der Waals surface area (Å²) in [5, 5.41) is 18.1. The Balaban J connectivity index is 2.29. The maximum absolute atomic E-state index is 11.2. The number of aliphatic hydroxyl groups is 1. The maximum atomic E-state index is 11.2. The zero-order valence-electron chi connectivity index (χ0n) is 10.6. The second-order valence-corrected chi connectivity index (χ2v) is 4.41. The third-order valence-corrected chi connectivity index (χ3v) is 3.08. The Labute approximate surface area is 111 Å². The van der Waals surface area contributed by atoms with Crippen LogP contribution in [-0.2, 0) is 13.0 Å². The van der Waals surface area contributed by atoms with E-state index in [0.29, 0.717) is 24.9 Å². The number of benzene rings is 1. The van der Waals surface area contributed by atoms with Crippen molar-refractivity contribution in [2.75, 3.05) is 6.61 Å². The molecule has 0 amide bonds. The van der Waals surface area contributed by atoms with Crippen LogP contribution < -0.4 is 0 Å². The molecule has 0 fully saturated rings. The molecule has 0 aliphatic heterocycles. The molecule has 0 saturated heterocycles. The fraction of sp³-hybridized carbons (Fsp3) is 0.267. The van der Waals surface area contributed by atoms with Gasteiger partial charge in [-0.05, 0) is 18.1 Å². The molecule has 1 aromatic carbocycles. The molecule has 0 radical (unpaired) electrons. The molecule has 100 valence electrons. The average Bonchev–Trinajstić information content (AvgIpc) is 2.80. The van der Waals surface area contributed by atoms with Gasteiger partial charge in [0.15, 0.2) is 0 Å². The Kier molecular flexibility index (Phi) is 4.36. The summed E-state index contributed by atoms with van der Waals surface area (Å²) in [6, 6.07) is 11.4. The third kappa shape index (κ3) is 3.23. The summed E-state index contributed by atoms with van der Waals surface area (Å²) < 4.78 is 1.91. The molecule has 0 saturated carbocycles. The zero-order valence-corrected chi connectivity index (χ0v) is 10.6. The first-order valence-corrected chi connectivity index (χ1v) is 6.28. The molecule has 1 heterocycles. The van der Waals surface area contributed by atoms with Crippen LogP contribution in [0, 0.1) is 0 Å². The highest BCUT2D eigenvalue weighted by atomic mass is 16.4. The first-order chi connectivity index (χ1) is 9.22. The summed E-state index contributed by atoms with van der Waals surface area (Å²) in [6.07, 6.45) is 2.98. The highest BCUT2D eigenvalue weighted by molar-refractivity contribution is 5.89. The first kappa shape index (κ1) is 13.4. The minimum atomic E-state index is -0.909. The number of nitrogens with zero attached hydrogens (tertiary/aromatic N) is 1. The molecule has 1 aromatic heterocycles. The van der Waals surface area contributed by atoms with Crippen LogP contribution >= 0.6 is 0 Å². The molecule has 0 aliphatic rings. The third-order valence-electron chi connectivity index (χ3n) is 3.08. The fourth-order valence-corrected chi connectivity index (χ4v) is 2.14. The standard InChI is InChI=1S/C15H17NO3/c17-10-4-8-16-9-7-13(15(18)19)14(16)11-12-5-2-1-3-6-12/h1-3,5-7,9,17H,4,8,10-11H2,(H,18,19). The van der Waals surface area contributed by atoms with Crippen molar-refractivity contribution in [2.45, 2.75) is 19.4 Å². The molecule has 0 bridgehead atoms. The van der Waals surface area contributed by atoms with Crippen molar-refractivity contribution in [1.82, 2.24) is 4.57 Å². The molecule has 0 aliphatic carbocycles. The van der Waals surface area contributed by atoms with Crippen LogP contribution in [0.25, 0.3) is 0 Å². The van der Waals surface area contributed by atoms with Crippen molar-refractivity contribution in [3.05, 3.63) is 59.4 Å². The monoisotopic (exact) mass is 259 g/mol. The van der Waals surface area contributed by atoms with Gasteiger partial charge in [0.1, 0.15) is 0 Å². The molecule has 19 heavy (non-hydrogen) atoms. The van der Waals surface area contributed by atoms with E-state index in [1.54, 1.807) is 12.3 Å². The van der Waals surface area contributed by atoms with E-state index in [9.17, 15) is 9.90 Å². The number of aromatic carboxylic acids is 1. The van der Waals surface area contributed by atoms with Crippen LogP contribution in [-0.4, -0.2) is 27.4 Å². The lowest BCUT2D eigenvalue weighted by molar-refractivity contribution is 0.0695. The predicted molar refractivity (Wildman–Crippen MR) is 72.3 cm³/mol. The van der Waals surface area contributed by atoms with Crippen molar-refractivity contribution in [2.24, 2.45) is 0 Å². The van der Waals surface area contributed by atoms with Gasteiger partial charge >= 0.3 is 5.97 Å². The lowest BCUT2D eigenvalue weighted by Crippen LogP contribution is -2.08. The molecular formula is C15H17NO3. The van der Waals surface area contributed by atoms with E-state index in [1.165, 1.54) is 0 Å². The Bertz CT molecular complexity index is 546. The van der Waals surface area contributed by atoms with E-state index in [4.69, 9.17) is 5.11 Å². The van der Waals surface area contributed by atoms with E-state index in [2.05, 4.69) is 0 Å². The van der Waals surface area contributed by atoms with Crippen molar-refractivity contribution >= 4 is 5.97 Å². The fourth-order valence-electron chi connectivity index (χ4n) is 2.14. The van der Waals surface area contributed by atoms with Crippen LogP contribution in [0.2, 0.25) is 0 Å². The Morgan fingerprint density at radius 2 is 1.89 bits per heavy atom. The van der Waals surface area contributed by atoms with Crippen LogP contribution in [0.3, 0.4) is 0 Å². The molecule has 4 heteroatoms. The van der Waals surface area contributed by atoms with E-state index >= 15 is 0 Å². The molecule has 0 unspecified atom stereocenters. The number of rotatable bonds is 6. The minimum absolute atomic E-state index is 0.103. The van der Waals surface area contributed by atoms with Crippen molar-refractivity contribution in [1.29, 1.82) is 0 Å². The van der Waals surface area contributed by atoms with E-state index in [-0.39, 0.29) is 6.61 Å². The van der Waals surface area contributed by atoms with Crippen LogP contribution in [0.4, 0.5) is 0 Å². The summed E-state index contributed by atoms with van der Waals surface area (Å²) in [6.45, 7) is 0.733. The van der Waals surface area contributed by atoms with Gasteiger partial charge in [0.25, 0.3) is 0 Å². The summed E-state index contributed by atoms with van der Waals surface area (Å²) in [4.78, 5) is 11.2. The minimum Gasteiger partial charge on any atom is -0.478 e. The van der Waals surface area contributed by atoms with Gasteiger partial charge in [0.2, 0.25) is 0 Å². The van der Waals surface area contributed by atoms with Gasteiger partial charge in [-0.3, -0.25) is 0 Å². The summed E-state index contributed by atoms with van der Waals surface area (Å²) in [5.74, 6) is -0.909. The number of aryl methyl sites for hydroxylation is 1. The van der Waals surface area contributed by atoms with Crippen LogP contribution in [0.1, 0.15) is 28.0 Å². The van der Waals surface area contributed by atoms with Gasteiger partial charge in [-0.15, -0.1) is 0 Å². The lowest BCUT2D eigenvalue weighted by atomic mass is 10.1. The van der Waals surface area contributed by atoms with E-state index in [1.807, 2.05) is 34.9 Å². The van der Waals surface area contributed by atoms with Gasteiger partial charge in [-0.25, -0.2) is 4.79 Å². The number of carboxylic acid groups (broad SMARTS) is 1. The number of aromatic nitrogens is 1. The summed E-state index contributed by atoms with van der Waals surface area (Å²) in [7, 11) is 0. The van der Waals surface area contributed by atoms with Gasteiger partial charge in [-0.2, -0.15) is 0 Å². The quantitative estimate of drug-likeness (QED) is 0.835. The molecule has 0 atom stereocenters. The largest absolute Gasteiger partial charge is 0.478 e. The van der Waals surface area contributed by atoms with Crippen molar-refractivity contribution < 1.29 is 15.0 Å². The SMILES string of the molecule is O=C(O)c1ccn(CCCO)c1Cc1ccccc1. The van der Waals surface area contributed by atoms with Crippen molar-refractivity contribution in [3.63, 3.8) is 0 Å². The molecule has 0 spiro atoms. The smallest absolute Gasteiger partial charge is 0.337 e. The number of carboxylic acids is 1. The van der Waals surface area contributed by atoms with Gasteiger partial charge in [0, 0.05) is 31.5 Å². The summed E-state index contributed by atoms with van der Waals surface area (Å²) >= 11 is 0. The number of hydrogen-bond acceptors (Lipinski definition) is 2. The second kappa shape index (κ2) is 6.20. The van der Waals surface area contributed by atoms with Crippen molar-refractivity contribution in [3.8, 4) is 0 Å². The predicted octanol–water partition coefficient (Wildman–Crippen LogP) is 2.16. The Morgan fingerprint density at radius 3 is 2.53 bits per heavy atom. The van der Waals surface area contributed by atoms with Crippen LogP contribution in [0.5, 0.6) is 0 Å².